The van der Waals surface area contributed by atoms with E-state index in [0.717, 1.165) is 22.0 Å². The van der Waals surface area contributed by atoms with Crippen LogP contribution in [0.5, 0.6) is 0 Å². The van der Waals surface area contributed by atoms with E-state index in [0.29, 0.717) is 5.02 Å². The number of hydrogen-bond acceptors (Lipinski definition) is 1. The van der Waals surface area contributed by atoms with E-state index >= 15 is 0 Å². The third-order valence-corrected chi connectivity index (χ3v) is 3.75. The number of aliphatic hydroxyl groups excluding tert-OH is 1. The monoisotopic (exact) mass is 324 g/mol. The zero-order chi connectivity index (χ0) is 13.1. The topological polar surface area (TPSA) is 20.2 Å². The molecule has 0 amide bonds. The van der Waals surface area contributed by atoms with Gasteiger partial charge in [-0.15, -0.1) is 0 Å². The first-order chi connectivity index (χ1) is 8.61. The molecular weight excluding hydrogens is 312 g/mol. The van der Waals surface area contributed by atoms with E-state index < -0.39 is 6.10 Å². The molecule has 18 heavy (non-hydrogen) atoms. The van der Waals surface area contributed by atoms with Crippen molar-refractivity contribution in [1.82, 2.24) is 0 Å². The average Bonchev–Trinajstić information content (AvgIpc) is 2.38. The summed E-state index contributed by atoms with van der Waals surface area (Å²) in [5.74, 6) is 0. The van der Waals surface area contributed by atoms with Gasteiger partial charge in [-0.1, -0.05) is 64.8 Å². The summed E-state index contributed by atoms with van der Waals surface area (Å²) in [4.78, 5) is 0. The van der Waals surface area contributed by atoms with Gasteiger partial charge in [-0.3, -0.25) is 0 Å². The molecule has 0 saturated heterocycles. The Balaban J connectivity index is 2.37. The number of aliphatic hydroxyl groups is 1. The van der Waals surface area contributed by atoms with Gasteiger partial charge in [0.2, 0.25) is 0 Å². The fourth-order valence-corrected chi connectivity index (χ4v) is 2.66. The number of hydrogen-bond donors (Lipinski definition) is 1. The summed E-state index contributed by atoms with van der Waals surface area (Å²) < 4.78 is 0.908. The molecule has 0 bridgehead atoms. The van der Waals surface area contributed by atoms with Crippen LogP contribution >= 0.6 is 27.5 Å². The molecule has 1 unspecified atom stereocenters. The second-order valence-electron chi connectivity index (χ2n) is 4.17. The molecule has 1 atom stereocenters. The number of benzene rings is 2. The average molecular weight is 326 g/mol. The molecule has 2 rings (SSSR count). The molecule has 0 aliphatic rings. The minimum atomic E-state index is -0.683. The zero-order valence-corrected chi connectivity index (χ0v) is 12.4. The Morgan fingerprint density at radius 3 is 2.67 bits per heavy atom. The second kappa shape index (κ2) is 5.87. The van der Waals surface area contributed by atoms with Crippen LogP contribution in [-0.2, 0) is 6.42 Å². The van der Waals surface area contributed by atoms with Crippen LogP contribution in [0.3, 0.4) is 0 Å². The summed E-state index contributed by atoms with van der Waals surface area (Å²) in [5.41, 5.74) is 2.81. The van der Waals surface area contributed by atoms with Crippen LogP contribution in [0.15, 0.2) is 46.9 Å². The Bertz CT molecular complexity index is 554. The van der Waals surface area contributed by atoms with Gasteiger partial charge < -0.3 is 5.11 Å². The maximum Gasteiger partial charge on any atom is 0.105 e. The van der Waals surface area contributed by atoms with E-state index in [-0.39, 0.29) is 0 Å². The van der Waals surface area contributed by atoms with Crippen molar-refractivity contribution in [3.05, 3.63) is 68.7 Å². The van der Waals surface area contributed by atoms with E-state index in [4.69, 9.17) is 11.6 Å². The second-order valence-corrected chi connectivity index (χ2v) is 5.49. The predicted molar refractivity (Wildman–Crippen MR) is 79.0 cm³/mol. The summed E-state index contributed by atoms with van der Waals surface area (Å²) >= 11 is 9.52. The molecule has 0 saturated carbocycles. The molecular formula is C15H14BrClO. The highest BCUT2D eigenvalue weighted by molar-refractivity contribution is 9.10. The summed E-state index contributed by atoms with van der Waals surface area (Å²) in [5, 5.41) is 11.0. The van der Waals surface area contributed by atoms with Gasteiger partial charge in [-0.2, -0.15) is 0 Å². The van der Waals surface area contributed by atoms with Gasteiger partial charge >= 0.3 is 0 Å². The van der Waals surface area contributed by atoms with Crippen molar-refractivity contribution < 1.29 is 5.11 Å². The Labute approximate surface area is 121 Å². The van der Waals surface area contributed by atoms with Crippen molar-refractivity contribution in [2.45, 2.75) is 19.4 Å². The van der Waals surface area contributed by atoms with Crippen molar-refractivity contribution in [2.75, 3.05) is 0 Å². The maximum atomic E-state index is 10.4. The molecule has 0 fully saturated rings. The van der Waals surface area contributed by atoms with Crippen molar-refractivity contribution >= 4 is 27.5 Å². The Morgan fingerprint density at radius 1 is 1.22 bits per heavy atom. The van der Waals surface area contributed by atoms with Crippen LogP contribution in [0.2, 0.25) is 5.02 Å². The number of halogens is 2. The molecule has 0 spiro atoms. The molecule has 2 aromatic carbocycles. The van der Waals surface area contributed by atoms with Gasteiger partial charge in [-0.25, -0.2) is 0 Å². The van der Waals surface area contributed by atoms with Crippen molar-refractivity contribution in [3.63, 3.8) is 0 Å². The Hall–Kier alpha value is -0.830. The maximum absolute atomic E-state index is 10.4. The van der Waals surface area contributed by atoms with Crippen LogP contribution in [-0.4, -0.2) is 5.11 Å². The van der Waals surface area contributed by atoms with Gasteiger partial charge in [0.25, 0.3) is 0 Å². The van der Waals surface area contributed by atoms with Crippen LogP contribution in [0.25, 0.3) is 0 Å². The minimum absolute atomic E-state index is 0.568. The SMILES string of the molecule is CCc1cccc(C(O)c2ccc(Br)cc2Cl)c1. The van der Waals surface area contributed by atoms with E-state index in [1.165, 1.54) is 5.56 Å². The zero-order valence-electron chi connectivity index (χ0n) is 10.0. The first-order valence-corrected chi connectivity index (χ1v) is 7.00. The highest BCUT2D eigenvalue weighted by Crippen LogP contribution is 2.30. The number of aryl methyl sites for hydroxylation is 1. The molecule has 3 heteroatoms. The quantitative estimate of drug-likeness (QED) is 0.863. The van der Waals surface area contributed by atoms with Crippen molar-refractivity contribution in [3.8, 4) is 0 Å². The standard InChI is InChI=1S/C15H14BrClO/c1-2-10-4-3-5-11(8-10)15(18)13-7-6-12(16)9-14(13)17/h3-9,15,18H,2H2,1H3. The largest absolute Gasteiger partial charge is 0.384 e. The van der Waals surface area contributed by atoms with Crippen LogP contribution < -0.4 is 0 Å². The molecule has 0 radical (unpaired) electrons. The highest BCUT2D eigenvalue weighted by atomic mass is 79.9. The molecule has 94 valence electrons. The first kappa shape index (κ1) is 13.6. The fraction of sp³-hybridized carbons (Fsp3) is 0.200. The first-order valence-electron chi connectivity index (χ1n) is 5.83. The molecule has 1 nitrogen and oxygen atoms in total. The van der Waals surface area contributed by atoms with Gasteiger partial charge in [0.05, 0.1) is 0 Å². The van der Waals surface area contributed by atoms with Gasteiger partial charge in [0.15, 0.2) is 0 Å². The van der Waals surface area contributed by atoms with Gasteiger partial charge in [0.1, 0.15) is 6.10 Å². The molecule has 2 aromatic rings. The normalized spacial score (nSPS) is 12.4. The van der Waals surface area contributed by atoms with Gasteiger partial charge in [-0.05, 0) is 29.7 Å². The fourth-order valence-electron chi connectivity index (χ4n) is 1.89. The third kappa shape index (κ3) is 2.94. The van der Waals surface area contributed by atoms with E-state index in [2.05, 4.69) is 28.9 Å². The van der Waals surface area contributed by atoms with Crippen LogP contribution in [0.4, 0.5) is 0 Å². The number of rotatable bonds is 3. The Morgan fingerprint density at radius 2 is 2.00 bits per heavy atom. The van der Waals surface area contributed by atoms with Crippen LogP contribution in [0.1, 0.15) is 29.7 Å². The predicted octanol–water partition coefficient (Wildman–Crippen LogP) is 4.75. The van der Waals surface area contributed by atoms with Crippen molar-refractivity contribution in [2.24, 2.45) is 0 Å². The van der Waals surface area contributed by atoms with Crippen molar-refractivity contribution in [1.29, 1.82) is 0 Å². The lowest BCUT2D eigenvalue weighted by atomic mass is 9.99. The molecule has 0 heterocycles. The molecule has 0 aromatic heterocycles. The minimum Gasteiger partial charge on any atom is -0.384 e. The smallest absolute Gasteiger partial charge is 0.105 e. The molecule has 0 aliphatic heterocycles. The Kier molecular flexibility index (Phi) is 4.44. The summed E-state index contributed by atoms with van der Waals surface area (Å²) in [6, 6.07) is 13.5. The van der Waals surface area contributed by atoms with E-state index in [1.807, 2.05) is 30.3 Å². The summed E-state index contributed by atoms with van der Waals surface area (Å²) in [6.07, 6.45) is 0.270. The van der Waals surface area contributed by atoms with E-state index in [1.54, 1.807) is 6.07 Å². The lowest BCUT2D eigenvalue weighted by Gasteiger charge is -2.14. The summed E-state index contributed by atoms with van der Waals surface area (Å²) in [6.45, 7) is 2.10. The highest BCUT2D eigenvalue weighted by Gasteiger charge is 2.14. The molecule has 1 N–H and O–H groups in total. The lowest BCUT2D eigenvalue weighted by molar-refractivity contribution is 0.220. The third-order valence-electron chi connectivity index (χ3n) is 2.93. The lowest BCUT2D eigenvalue weighted by Crippen LogP contribution is -2.01. The van der Waals surface area contributed by atoms with Gasteiger partial charge in [0, 0.05) is 15.1 Å². The van der Waals surface area contributed by atoms with Crippen LogP contribution in [0, 0.1) is 0 Å². The summed E-state index contributed by atoms with van der Waals surface area (Å²) in [7, 11) is 0. The van der Waals surface area contributed by atoms with E-state index in [9.17, 15) is 5.11 Å². The molecule has 0 aliphatic carbocycles.